The number of H-pyrrole nitrogens is 1. The van der Waals surface area contributed by atoms with E-state index >= 15 is 0 Å². The number of rotatable bonds is 5. The fourth-order valence-corrected chi connectivity index (χ4v) is 1.69. The van der Waals surface area contributed by atoms with Gasteiger partial charge >= 0.3 is 5.97 Å². The van der Waals surface area contributed by atoms with E-state index in [1.54, 1.807) is 19.1 Å². The molecule has 1 atom stereocenters. The third-order valence-electron chi connectivity index (χ3n) is 2.51. The molecule has 100 valence electrons. The Hall–Kier alpha value is -2.44. The van der Waals surface area contributed by atoms with Gasteiger partial charge in [0.1, 0.15) is 5.69 Å². The first-order valence-corrected chi connectivity index (χ1v) is 5.78. The molecule has 0 aliphatic rings. The minimum absolute atomic E-state index is 0.0416. The van der Waals surface area contributed by atoms with Gasteiger partial charge in [0.15, 0.2) is 0 Å². The Labute approximate surface area is 108 Å². The summed E-state index contributed by atoms with van der Waals surface area (Å²) in [5, 5.41) is 16.3. The van der Waals surface area contributed by atoms with Crippen molar-refractivity contribution in [1.82, 2.24) is 15.2 Å². The molecule has 0 aliphatic heterocycles. The van der Waals surface area contributed by atoms with Gasteiger partial charge in [0, 0.05) is 18.9 Å². The number of nitrogens with one attached hydrogen (secondary N) is 1. The van der Waals surface area contributed by atoms with E-state index < -0.39 is 5.97 Å². The van der Waals surface area contributed by atoms with Gasteiger partial charge in [0.25, 0.3) is 5.89 Å². The van der Waals surface area contributed by atoms with Crippen molar-refractivity contribution in [3.8, 4) is 11.6 Å². The van der Waals surface area contributed by atoms with Crippen LogP contribution in [-0.4, -0.2) is 26.3 Å². The normalized spacial score (nSPS) is 12.3. The second-order valence-electron chi connectivity index (χ2n) is 4.34. The zero-order valence-corrected chi connectivity index (χ0v) is 10.3. The number of hydrogen-bond donors (Lipinski definition) is 2. The summed E-state index contributed by atoms with van der Waals surface area (Å²) in [4.78, 5) is 24.3. The molecular formula is C12H13N3O4. The Morgan fingerprint density at radius 2 is 2.26 bits per heavy atom. The number of aromatic amines is 1. The maximum atomic E-state index is 11.2. The Bertz CT molecular complexity index is 632. The highest BCUT2D eigenvalue weighted by Gasteiger charge is 2.14. The number of aromatic nitrogens is 3. The van der Waals surface area contributed by atoms with E-state index in [2.05, 4.69) is 15.2 Å². The molecule has 7 nitrogen and oxygen atoms in total. The summed E-state index contributed by atoms with van der Waals surface area (Å²) in [6, 6.07) is 4.63. The molecule has 0 saturated carbocycles. The van der Waals surface area contributed by atoms with Gasteiger partial charge < -0.3 is 14.5 Å². The van der Waals surface area contributed by atoms with Gasteiger partial charge in [0.2, 0.25) is 11.4 Å². The molecule has 7 heteroatoms. The van der Waals surface area contributed by atoms with Crippen molar-refractivity contribution in [2.45, 2.75) is 19.8 Å². The van der Waals surface area contributed by atoms with Crippen LogP contribution >= 0.6 is 0 Å². The molecule has 19 heavy (non-hydrogen) atoms. The van der Waals surface area contributed by atoms with Crippen LogP contribution in [0.5, 0.6) is 0 Å². The number of pyridine rings is 1. The van der Waals surface area contributed by atoms with Crippen LogP contribution in [0, 0.1) is 5.92 Å². The first kappa shape index (κ1) is 13.0. The largest absolute Gasteiger partial charge is 0.481 e. The van der Waals surface area contributed by atoms with E-state index in [9.17, 15) is 9.59 Å². The highest BCUT2D eigenvalue weighted by molar-refractivity contribution is 5.66. The molecule has 0 bridgehead atoms. The van der Waals surface area contributed by atoms with Crippen LogP contribution in [0.15, 0.2) is 27.4 Å². The number of hydrogen-bond acceptors (Lipinski definition) is 5. The maximum absolute atomic E-state index is 11.2. The third kappa shape index (κ3) is 3.51. The van der Waals surface area contributed by atoms with Crippen LogP contribution in [0.1, 0.15) is 19.2 Å². The average Bonchev–Trinajstić information content (AvgIpc) is 2.76. The summed E-state index contributed by atoms with van der Waals surface area (Å²) >= 11 is 0. The van der Waals surface area contributed by atoms with Gasteiger partial charge in [-0.2, -0.15) is 0 Å². The van der Waals surface area contributed by atoms with Gasteiger partial charge in [-0.3, -0.25) is 9.59 Å². The van der Waals surface area contributed by atoms with Gasteiger partial charge in [0.05, 0.1) is 0 Å². The van der Waals surface area contributed by atoms with Gasteiger partial charge in [-0.1, -0.05) is 13.0 Å². The first-order chi connectivity index (χ1) is 9.04. The van der Waals surface area contributed by atoms with E-state index in [4.69, 9.17) is 9.52 Å². The summed E-state index contributed by atoms with van der Waals surface area (Å²) in [5.41, 5.74) is 0.189. The van der Waals surface area contributed by atoms with Crippen LogP contribution in [0.4, 0.5) is 0 Å². The predicted octanol–water partition coefficient (Wildman–Crippen LogP) is 1.08. The number of nitrogens with zero attached hydrogens (tertiary/aromatic N) is 2. The quantitative estimate of drug-likeness (QED) is 0.835. The topological polar surface area (TPSA) is 109 Å². The summed E-state index contributed by atoms with van der Waals surface area (Å²) in [5.74, 6) is -0.385. The number of carboxylic acid groups (broad SMARTS) is 1. The number of carboxylic acids is 1. The molecule has 0 saturated heterocycles. The Kier molecular flexibility index (Phi) is 3.74. The fraction of sp³-hybridized carbons (Fsp3) is 0.333. The van der Waals surface area contributed by atoms with Crippen LogP contribution in [-0.2, 0) is 11.2 Å². The Balaban J connectivity index is 2.11. The SMILES string of the molecule is CC(CC(=O)O)Cc1nnc(-c2cccc(=O)[nH]2)o1. The predicted molar refractivity (Wildman–Crippen MR) is 65.5 cm³/mol. The third-order valence-corrected chi connectivity index (χ3v) is 2.51. The molecule has 1 unspecified atom stereocenters. The molecule has 0 aliphatic carbocycles. The van der Waals surface area contributed by atoms with E-state index in [0.717, 1.165) is 0 Å². The summed E-state index contributed by atoms with van der Waals surface area (Å²) < 4.78 is 5.39. The van der Waals surface area contributed by atoms with Crippen LogP contribution in [0.2, 0.25) is 0 Å². The van der Waals surface area contributed by atoms with E-state index in [0.29, 0.717) is 18.0 Å². The highest BCUT2D eigenvalue weighted by Crippen LogP contribution is 2.16. The van der Waals surface area contributed by atoms with Crippen molar-refractivity contribution < 1.29 is 14.3 Å². The second-order valence-corrected chi connectivity index (χ2v) is 4.34. The maximum Gasteiger partial charge on any atom is 0.303 e. The molecule has 0 spiro atoms. The molecule has 2 rings (SSSR count). The monoisotopic (exact) mass is 263 g/mol. The van der Waals surface area contributed by atoms with E-state index in [1.807, 2.05) is 0 Å². The molecule has 0 aromatic carbocycles. The minimum Gasteiger partial charge on any atom is -0.481 e. The minimum atomic E-state index is -0.861. The van der Waals surface area contributed by atoms with Crippen LogP contribution < -0.4 is 5.56 Å². The molecule has 0 amide bonds. The Morgan fingerprint density at radius 3 is 2.95 bits per heavy atom. The zero-order chi connectivity index (χ0) is 13.8. The number of carbonyl (C=O) groups is 1. The zero-order valence-electron chi connectivity index (χ0n) is 10.3. The second kappa shape index (κ2) is 5.47. The molecule has 2 aromatic heterocycles. The van der Waals surface area contributed by atoms with Gasteiger partial charge in [-0.25, -0.2) is 0 Å². The molecular weight excluding hydrogens is 250 g/mol. The van der Waals surface area contributed by atoms with Gasteiger partial charge in [-0.05, 0) is 12.0 Å². The lowest BCUT2D eigenvalue weighted by Gasteiger charge is -2.03. The van der Waals surface area contributed by atoms with E-state index in [-0.39, 0.29) is 23.8 Å². The lowest BCUT2D eigenvalue weighted by Crippen LogP contribution is -2.07. The molecule has 2 aromatic rings. The summed E-state index contributed by atoms with van der Waals surface area (Å²) in [6.07, 6.45) is 0.427. The lowest BCUT2D eigenvalue weighted by atomic mass is 10.0. The van der Waals surface area contributed by atoms with Crippen molar-refractivity contribution in [2.75, 3.05) is 0 Å². The van der Waals surface area contributed by atoms with Crippen LogP contribution in [0.3, 0.4) is 0 Å². The van der Waals surface area contributed by atoms with Crippen LogP contribution in [0.25, 0.3) is 11.6 Å². The lowest BCUT2D eigenvalue weighted by molar-refractivity contribution is -0.137. The van der Waals surface area contributed by atoms with Gasteiger partial charge in [-0.15, -0.1) is 10.2 Å². The summed E-state index contributed by atoms with van der Waals surface area (Å²) in [6.45, 7) is 1.79. The average molecular weight is 263 g/mol. The molecule has 0 fully saturated rings. The molecule has 2 heterocycles. The van der Waals surface area contributed by atoms with Crippen molar-refractivity contribution in [3.63, 3.8) is 0 Å². The summed E-state index contributed by atoms with van der Waals surface area (Å²) in [7, 11) is 0. The van der Waals surface area contributed by atoms with Crippen molar-refractivity contribution >= 4 is 5.97 Å². The molecule has 2 N–H and O–H groups in total. The highest BCUT2D eigenvalue weighted by atomic mass is 16.4. The van der Waals surface area contributed by atoms with Crippen molar-refractivity contribution in [2.24, 2.45) is 5.92 Å². The standard InChI is InChI=1S/C12H13N3O4/c1-7(6-11(17)18)5-10-14-15-12(19-10)8-3-2-4-9(16)13-8/h2-4,7H,5-6H2,1H3,(H,13,16)(H,17,18). The van der Waals surface area contributed by atoms with Crippen molar-refractivity contribution in [3.05, 3.63) is 34.4 Å². The van der Waals surface area contributed by atoms with Crippen molar-refractivity contribution in [1.29, 1.82) is 0 Å². The Morgan fingerprint density at radius 1 is 1.47 bits per heavy atom. The molecule has 0 radical (unpaired) electrons. The first-order valence-electron chi connectivity index (χ1n) is 5.78. The fourth-order valence-electron chi connectivity index (χ4n) is 1.69. The number of aliphatic carboxylic acids is 1. The smallest absolute Gasteiger partial charge is 0.303 e. The van der Waals surface area contributed by atoms with E-state index in [1.165, 1.54) is 6.07 Å².